The van der Waals surface area contributed by atoms with Crippen molar-refractivity contribution in [3.05, 3.63) is 95.9 Å². The van der Waals surface area contributed by atoms with Crippen molar-refractivity contribution in [3.63, 3.8) is 0 Å². The number of aliphatic hydroxyl groups excluding tert-OH is 1. The molecule has 1 heterocycles. The maximum Gasteiger partial charge on any atom is 0.132 e. The molecule has 2 aromatic carbocycles. The van der Waals surface area contributed by atoms with Crippen molar-refractivity contribution >= 4 is 0 Å². The van der Waals surface area contributed by atoms with Crippen LogP contribution in [0.5, 0.6) is 0 Å². The zero-order valence-corrected chi connectivity index (χ0v) is 13.7. The molecule has 3 aromatic rings. The van der Waals surface area contributed by atoms with Crippen molar-refractivity contribution in [1.29, 1.82) is 0 Å². The number of benzene rings is 2. The highest BCUT2D eigenvalue weighted by atomic mass is 16.4. The molecule has 0 radical (unpaired) electrons. The molecule has 124 valence electrons. The first-order valence-electron chi connectivity index (χ1n) is 8.33. The molecular weight excluding hydrogens is 298 g/mol. The summed E-state index contributed by atoms with van der Waals surface area (Å²) in [6.07, 6.45) is 1.69. The Hall–Kier alpha value is -2.36. The van der Waals surface area contributed by atoms with Crippen LogP contribution in [-0.2, 0) is 13.1 Å². The minimum atomic E-state index is -0.561. The zero-order chi connectivity index (χ0) is 16.6. The van der Waals surface area contributed by atoms with Crippen LogP contribution in [-0.4, -0.2) is 16.6 Å². The zero-order valence-electron chi connectivity index (χ0n) is 13.7. The van der Waals surface area contributed by atoms with Crippen molar-refractivity contribution in [1.82, 2.24) is 4.90 Å². The summed E-state index contributed by atoms with van der Waals surface area (Å²) in [6, 6.07) is 24.5. The fourth-order valence-electron chi connectivity index (χ4n) is 2.83. The third-order valence-electron chi connectivity index (χ3n) is 4.09. The van der Waals surface area contributed by atoms with Gasteiger partial charge in [0.25, 0.3) is 0 Å². The van der Waals surface area contributed by atoms with E-state index in [1.54, 1.807) is 6.26 Å². The molecule has 0 aliphatic carbocycles. The Morgan fingerprint density at radius 2 is 1.38 bits per heavy atom. The molecule has 24 heavy (non-hydrogen) atoms. The van der Waals surface area contributed by atoms with Crippen molar-refractivity contribution in [2.75, 3.05) is 6.54 Å². The molecule has 1 aromatic heterocycles. The first-order chi connectivity index (χ1) is 11.8. The summed E-state index contributed by atoms with van der Waals surface area (Å²) >= 11 is 0. The molecule has 0 aliphatic heterocycles. The SMILES string of the molecule is OC(CCN(Cc1ccccc1)Cc1ccccc1)c1ccco1. The maximum atomic E-state index is 10.3. The molecule has 3 nitrogen and oxygen atoms in total. The van der Waals surface area contributed by atoms with E-state index in [-0.39, 0.29) is 0 Å². The van der Waals surface area contributed by atoms with Gasteiger partial charge in [0.1, 0.15) is 11.9 Å². The fourth-order valence-corrected chi connectivity index (χ4v) is 2.83. The van der Waals surface area contributed by atoms with Crippen molar-refractivity contribution in [3.8, 4) is 0 Å². The Kier molecular flexibility index (Phi) is 5.83. The lowest BCUT2D eigenvalue weighted by Crippen LogP contribution is -2.25. The van der Waals surface area contributed by atoms with Gasteiger partial charge in [-0.3, -0.25) is 4.90 Å². The predicted octanol–water partition coefficient (Wildman–Crippen LogP) is 4.41. The largest absolute Gasteiger partial charge is 0.467 e. The summed E-state index contributed by atoms with van der Waals surface area (Å²) in [5.74, 6) is 0.634. The molecule has 0 fully saturated rings. The van der Waals surface area contributed by atoms with E-state index >= 15 is 0 Å². The normalized spacial score (nSPS) is 12.4. The Labute approximate surface area is 143 Å². The topological polar surface area (TPSA) is 36.6 Å². The van der Waals surface area contributed by atoms with Crippen LogP contribution in [0.1, 0.15) is 29.4 Å². The Bertz CT molecular complexity index is 654. The molecule has 0 amide bonds. The first-order valence-corrected chi connectivity index (χ1v) is 8.33. The minimum Gasteiger partial charge on any atom is -0.467 e. The molecule has 0 spiro atoms. The molecule has 0 aliphatic rings. The second-order valence-electron chi connectivity index (χ2n) is 6.00. The fraction of sp³-hybridized carbons (Fsp3) is 0.238. The van der Waals surface area contributed by atoms with Gasteiger partial charge in [0.05, 0.1) is 6.26 Å². The highest BCUT2D eigenvalue weighted by molar-refractivity contribution is 5.17. The summed E-state index contributed by atoms with van der Waals surface area (Å²) in [4.78, 5) is 2.36. The molecule has 0 bridgehead atoms. The standard InChI is InChI=1S/C21H23NO2/c23-20(21-12-7-15-24-21)13-14-22(16-18-8-3-1-4-9-18)17-19-10-5-2-6-11-19/h1-12,15,20,23H,13-14,16-17H2. The van der Waals surface area contributed by atoms with Gasteiger partial charge in [-0.25, -0.2) is 0 Å². The van der Waals surface area contributed by atoms with E-state index in [1.165, 1.54) is 11.1 Å². The van der Waals surface area contributed by atoms with E-state index in [4.69, 9.17) is 4.42 Å². The lowest BCUT2D eigenvalue weighted by molar-refractivity contribution is 0.116. The summed E-state index contributed by atoms with van der Waals surface area (Å²) in [5, 5.41) is 10.3. The number of hydrogen-bond acceptors (Lipinski definition) is 3. The van der Waals surface area contributed by atoms with Gasteiger partial charge in [-0.05, 0) is 29.7 Å². The molecule has 1 unspecified atom stereocenters. The van der Waals surface area contributed by atoms with E-state index in [2.05, 4.69) is 53.4 Å². The van der Waals surface area contributed by atoms with Gasteiger partial charge < -0.3 is 9.52 Å². The lowest BCUT2D eigenvalue weighted by atomic mass is 10.1. The minimum absolute atomic E-state index is 0.561. The average molecular weight is 321 g/mol. The Morgan fingerprint density at radius 1 is 0.792 bits per heavy atom. The van der Waals surface area contributed by atoms with Crippen molar-refractivity contribution in [2.24, 2.45) is 0 Å². The van der Waals surface area contributed by atoms with Crippen molar-refractivity contribution in [2.45, 2.75) is 25.6 Å². The molecule has 0 saturated heterocycles. The maximum absolute atomic E-state index is 10.3. The van der Waals surface area contributed by atoms with Crippen LogP contribution in [0.3, 0.4) is 0 Å². The lowest BCUT2D eigenvalue weighted by Gasteiger charge is -2.23. The second-order valence-corrected chi connectivity index (χ2v) is 6.00. The van der Waals surface area contributed by atoms with Crippen LogP contribution in [0.25, 0.3) is 0 Å². The van der Waals surface area contributed by atoms with Gasteiger partial charge in [-0.2, -0.15) is 0 Å². The predicted molar refractivity (Wildman–Crippen MR) is 95.3 cm³/mol. The summed E-state index contributed by atoms with van der Waals surface area (Å²) in [7, 11) is 0. The van der Waals surface area contributed by atoms with E-state index in [9.17, 15) is 5.11 Å². The van der Waals surface area contributed by atoms with Crippen LogP contribution in [0.4, 0.5) is 0 Å². The van der Waals surface area contributed by atoms with Gasteiger partial charge >= 0.3 is 0 Å². The third kappa shape index (κ3) is 4.82. The Morgan fingerprint density at radius 3 is 1.88 bits per heavy atom. The van der Waals surface area contributed by atoms with Gasteiger partial charge in [-0.1, -0.05) is 60.7 Å². The highest BCUT2D eigenvalue weighted by Crippen LogP contribution is 2.19. The van der Waals surface area contributed by atoms with Crippen LogP contribution in [0.15, 0.2) is 83.5 Å². The number of hydrogen-bond donors (Lipinski definition) is 1. The highest BCUT2D eigenvalue weighted by Gasteiger charge is 2.14. The monoisotopic (exact) mass is 321 g/mol. The number of furan rings is 1. The smallest absolute Gasteiger partial charge is 0.132 e. The quantitative estimate of drug-likeness (QED) is 0.668. The molecule has 1 N–H and O–H groups in total. The van der Waals surface area contributed by atoms with E-state index in [0.29, 0.717) is 12.2 Å². The van der Waals surface area contributed by atoms with Crippen LogP contribution in [0, 0.1) is 0 Å². The van der Waals surface area contributed by atoms with Gasteiger partial charge in [0.15, 0.2) is 0 Å². The molecule has 0 saturated carbocycles. The third-order valence-corrected chi connectivity index (χ3v) is 4.09. The van der Waals surface area contributed by atoms with Crippen molar-refractivity contribution < 1.29 is 9.52 Å². The average Bonchev–Trinajstić information content (AvgIpc) is 3.16. The molecule has 3 heteroatoms. The van der Waals surface area contributed by atoms with Crippen LogP contribution < -0.4 is 0 Å². The van der Waals surface area contributed by atoms with Crippen LogP contribution in [0.2, 0.25) is 0 Å². The Balaban J connectivity index is 1.64. The number of nitrogens with zero attached hydrogens (tertiary/aromatic N) is 1. The molecule has 3 rings (SSSR count). The van der Waals surface area contributed by atoms with E-state index in [1.807, 2.05) is 24.3 Å². The van der Waals surface area contributed by atoms with E-state index in [0.717, 1.165) is 19.6 Å². The number of aliphatic hydroxyl groups is 1. The van der Waals surface area contributed by atoms with Crippen LogP contribution >= 0.6 is 0 Å². The summed E-state index contributed by atoms with van der Waals surface area (Å²) in [5.41, 5.74) is 2.56. The summed E-state index contributed by atoms with van der Waals surface area (Å²) < 4.78 is 5.30. The second kappa shape index (κ2) is 8.48. The number of rotatable bonds is 8. The summed E-state index contributed by atoms with van der Waals surface area (Å²) in [6.45, 7) is 2.52. The van der Waals surface area contributed by atoms with Gasteiger partial charge in [-0.15, -0.1) is 0 Å². The first kappa shape index (κ1) is 16.5. The molecular formula is C21H23NO2. The van der Waals surface area contributed by atoms with Gasteiger partial charge in [0.2, 0.25) is 0 Å². The molecule has 1 atom stereocenters. The van der Waals surface area contributed by atoms with Gasteiger partial charge in [0, 0.05) is 19.6 Å². The van der Waals surface area contributed by atoms with E-state index < -0.39 is 6.10 Å².